The fraction of sp³-hybridized carbons (Fsp3) is 0.500. The second-order valence-corrected chi connectivity index (χ2v) is 7.27. The minimum atomic E-state index is -1.16. The van der Waals surface area contributed by atoms with Crippen LogP contribution in [0.2, 0.25) is 0 Å². The van der Waals surface area contributed by atoms with Crippen molar-refractivity contribution < 1.29 is 20.6 Å². The second kappa shape index (κ2) is 11.1. The quantitative estimate of drug-likeness (QED) is 0.846. The first-order chi connectivity index (χ1) is 11.8. The zero-order valence-corrected chi connectivity index (χ0v) is 16.3. The van der Waals surface area contributed by atoms with E-state index in [0.717, 1.165) is 29.2 Å². The first-order valence-corrected chi connectivity index (χ1v) is 10.0. The maximum Gasteiger partial charge on any atom is 0.217 e. The first kappa shape index (κ1) is 21.5. The van der Waals surface area contributed by atoms with Gasteiger partial charge in [0.05, 0.1) is 17.9 Å². The zero-order chi connectivity index (χ0) is 17.4. The monoisotopic (exact) mass is 389 g/mol. The first-order valence-electron chi connectivity index (χ1n) is 8.00. The lowest BCUT2D eigenvalue weighted by Gasteiger charge is -2.20. The van der Waals surface area contributed by atoms with E-state index in [1.165, 1.54) is 11.3 Å². The highest BCUT2D eigenvalue weighted by molar-refractivity contribution is 7.87. The molecule has 0 amide bonds. The van der Waals surface area contributed by atoms with Gasteiger partial charge in [0.15, 0.2) is 5.01 Å². The molecule has 1 aliphatic rings. The highest BCUT2D eigenvalue weighted by Crippen LogP contribution is 2.33. The molecule has 25 heavy (non-hydrogen) atoms. The van der Waals surface area contributed by atoms with Gasteiger partial charge >= 0.3 is 0 Å². The summed E-state index contributed by atoms with van der Waals surface area (Å²) in [5, 5.41) is 9.65. The fourth-order valence-electron chi connectivity index (χ4n) is 2.25. The van der Waals surface area contributed by atoms with Gasteiger partial charge in [0.25, 0.3) is 0 Å². The van der Waals surface area contributed by atoms with E-state index in [1.807, 2.05) is 38.1 Å². The highest BCUT2D eigenvalue weighted by atomic mass is 32.2. The van der Waals surface area contributed by atoms with Crippen LogP contribution in [0.4, 0.5) is 5.13 Å². The molecule has 3 N–H and O–H groups in total. The Morgan fingerprint density at radius 2 is 1.96 bits per heavy atom. The van der Waals surface area contributed by atoms with Crippen molar-refractivity contribution in [3.63, 3.8) is 0 Å². The number of aromatic nitrogens is 2. The molecule has 9 heteroatoms. The minimum absolute atomic E-state index is 0. The molecule has 2 aromatic rings. The van der Waals surface area contributed by atoms with Crippen molar-refractivity contribution in [2.75, 3.05) is 25.0 Å². The summed E-state index contributed by atoms with van der Waals surface area (Å²) in [6, 6.07) is 7.64. The van der Waals surface area contributed by atoms with Crippen molar-refractivity contribution in [1.82, 2.24) is 10.2 Å². The highest BCUT2D eigenvalue weighted by Gasteiger charge is 2.21. The Morgan fingerprint density at radius 1 is 1.28 bits per heavy atom. The number of rotatable bonds is 5. The molecule has 7 nitrogen and oxygen atoms in total. The van der Waals surface area contributed by atoms with Gasteiger partial charge in [-0.25, -0.2) is 4.21 Å². The van der Waals surface area contributed by atoms with Gasteiger partial charge in [0, 0.05) is 14.6 Å². The normalized spacial score (nSPS) is 15.3. The number of hydrogen-bond donors (Lipinski definition) is 1. The molecule has 1 fully saturated rings. The number of nitrogens with one attached hydrogen (secondary N) is 1. The molecule has 0 radical (unpaired) electrons. The van der Waals surface area contributed by atoms with E-state index in [1.54, 1.807) is 7.11 Å². The lowest BCUT2D eigenvalue weighted by atomic mass is 10.2. The van der Waals surface area contributed by atoms with Crippen LogP contribution in [0, 0.1) is 0 Å². The second-order valence-electron chi connectivity index (χ2n) is 4.82. The number of methoxy groups -OCH3 is 1. The Labute approximate surface area is 156 Å². The number of benzene rings is 1. The van der Waals surface area contributed by atoms with Crippen LogP contribution in [0.25, 0.3) is 10.6 Å². The van der Waals surface area contributed by atoms with E-state index < -0.39 is 11.0 Å². The van der Waals surface area contributed by atoms with Crippen molar-refractivity contribution in [2.45, 2.75) is 31.9 Å². The summed E-state index contributed by atoms with van der Waals surface area (Å²) in [5.41, 5.74) is 0.882. The van der Waals surface area contributed by atoms with E-state index in [0.29, 0.717) is 18.3 Å². The van der Waals surface area contributed by atoms with Crippen LogP contribution < -0.4 is 9.46 Å². The molecule has 0 aliphatic carbocycles. The Balaban J connectivity index is 0.00000151. The van der Waals surface area contributed by atoms with Crippen LogP contribution in [0.3, 0.4) is 0 Å². The van der Waals surface area contributed by atoms with E-state index in [9.17, 15) is 4.21 Å². The third kappa shape index (κ3) is 5.74. The van der Waals surface area contributed by atoms with E-state index in [2.05, 4.69) is 14.9 Å². The SMILES string of the molecule is CC.COc1ccccc1-c1nnc(NS(=O)C2CCOCC2)s1.O.[HH]. The summed E-state index contributed by atoms with van der Waals surface area (Å²) in [4.78, 5) is 0. The molecule has 1 saturated heterocycles. The molecular weight excluding hydrogens is 362 g/mol. The summed E-state index contributed by atoms with van der Waals surface area (Å²) < 4.78 is 25.9. The van der Waals surface area contributed by atoms with Gasteiger partial charge in [-0.05, 0) is 25.0 Å². The molecule has 0 bridgehead atoms. The summed E-state index contributed by atoms with van der Waals surface area (Å²) >= 11 is 1.37. The van der Waals surface area contributed by atoms with Crippen LogP contribution in [-0.2, 0) is 15.7 Å². The van der Waals surface area contributed by atoms with Gasteiger partial charge in [0.2, 0.25) is 5.13 Å². The lowest BCUT2D eigenvalue weighted by molar-refractivity contribution is 0.0993. The summed E-state index contributed by atoms with van der Waals surface area (Å²) in [5.74, 6) is 0.746. The third-order valence-electron chi connectivity index (χ3n) is 3.42. The van der Waals surface area contributed by atoms with E-state index in [4.69, 9.17) is 9.47 Å². The molecular formula is C16H27N3O4S2. The van der Waals surface area contributed by atoms with Crippen molar-refractivity contribution in [1.29, 1.82) is 0 Å². The van der Waals surface area contributed by atoms with Gasteiger partial charge in [0.1, 0.15) is 16.7 Å². The molecule has 1 aliphatic heterocycles. The predicted molar refractivity (Wildman–Crippen MR) is 105 cm³/mol. The maximum atomic E-state index is 12.3. The summed E-state index contributed by atoms with van der Waals surface area (Å²) in [6.45, 7) is 5.33. The average Bonchev–Trinajstić information content (AvgIpc) is 3.12. The van der Waals surface area contributed by atoms with Crippen LogP contribution in [0.1, 0.15) is 28.1 Å². The molecule has 142 valence electrons. The summed E-state index contributed by atoms with van der Waals surface area (Å²) in [7, 11) is 0.463. The van der Waals surface area contributed by atoms with Gasteiger partial charge < -0.3 is 14.9 Å². The zero-order valence-electron chi connectivity index (χ0n) is 14.7. The molecule has 1 aromatic carbocycles. The van der Waals surface area contributed by atoms with Crippen LogP contribution >= 0.6 is 11.3 Å². The Kier molecular flexibility index (Phi) is 9.58. The lowest BCUT2D eigenvalue weighted by Crippen LogP contribution is -2.28. The van der Waals surface area contributed by atoms with Crippen molar-refractivity contribution >= 4 is 27.5 Å². The summed E-state index contributed by atoms with van der Waals surface area (Å²) in [6.07, 6.45) is 1.61. The Bertz CT molecular complexity index is 666. The van der Waals surface area contributed by atoms with Crippen LogP contribution in [-0.4, -0.2) is 45.5 Å². The Morgan fingerprint density at radius 3 is 2.64 bits per heavy atom. The van der Waals surface area contributed by atoms with Crippen LogP contribution in [0.15, 0.2) is 24.3 Å². The molecule has 1 atom stereocenters. The standard InChI is InChI=1S/C14H17N3O3S2.C2H6.H2O.H2/c1-19-12-5-3-2-4-11(12)13-15-16-14(21-13)17-22(18)10-6-8-20-9-7-10;1-2;;/h2-5,10H,6-9H2,1H3,(H,16,17);1-2H3;1H2;1H. The Hall–Kier alpha value is -1.55. The largest absolute Gasteiger partial charge is 0.496 e. The van der Waals surface area contributed by atoms with Gasteiger partial charge in [-0.3, -0.25) is 4.72 Å². The molecule has 1 unspecified atom stereocenters. The topological polar surface area (TPSA) is 105 Å². The molecule has 0 spiro atoms. The van der Waals surface area contributed by atoms with Gasteiger partial charge in [-0.2, -0.15) is 0 Å². The van der Waals surface area contributed by atoms with Crippen molar-refractivity contribution in [3.05, 3.63) is 24.3 Å². The molecule has 2 heterocycles. The average molecular weight is 390 g/mol. The number of para-hydroxylation sites is 1. The van der Waals surface area contributed by atoms with Crippen LogP contribution in [0.5, 0.6) is 5.75 Å². The van der Waals surface area contributed by atoms with E-state index in [-0.39, 0.29) is 12.2 Å². The molecule has 1 aromatic heterocycles. The third-order valence-corrected chi connectivity index (χ3v) is 5.89. The van der Waals surface area contributed by atoms with Gasteiger partial charge in [-0.15, -0.1) is 10.2 Å². The van der Waals surface area contributed by atoms with E-state index >= 15 is 0 Å². The van der Waals surface area contributed by atoms with Gasteiger partial charge in [-0.1, -0.05) is 37.3 Å². The number of hydrogen-bond acceptors (Lipinski definition) is 6. The number of ether oxygens (including phenoxy) is 2. The van der Waals surface area contributed by atoms with Crippen molar-refractivity contribution in [3.8, 4) is 16.3 Å². The minimum Gasteiger partial charge on any atom is -0.496 e. The fourth-order valence-corrected chi connectivity index (χ4v) is 4.29. The molecule has 0 saturated carbocycles. The number of nitrogens with zero attached hydrogens (tertiary/aromatic N) is 2. The van der Waals surface area contributed by atoms with Crippen molar-refractivity contribution in [2.24, 2.45) is 0 Å². The predicted octanol–water partition coefficient (Wildman–Crippen LogP) is 2.92. The molecule has 3 rings (SSSR count). The number of anilines is 1. The maximum absolute atomic E-state index is 12.3. The smallest absolute Gasteiger partial charge is 0.217 e.